The van der Waals surface area contributed by atoms with Crippen molar-refractivity contribution >= 4 is 23.6 Å². The van der Waals surface area contributed by atoms with Crippen molar-refractivity contribution in [3.05, 3.63) is 47.8 Å². The van der Waals surface area contributed by atoms with Crippen molar-refractivity contribution in [3.63, 3.8) is 0 Å². The molecule has 0 aliphatic carbocycles. The predicted molar refractivity (Wildman–Crippen MR) is 108 cm³/mol. The molecular weight excluding hydrogens is 388 g/mol. The lowest BCUT2D eigenvalue weighted by atomic mass is 10.0. The molecule has 1 aromatic heterocycles. The second kappa shape index (κ2) is 9.82. The van der Waals surface area contributed by atoms with Gasteiger partial charge in [0.25, 0.3) is 5.91 Å². The molecule has 3 rings (SSSR count). The summed E-state index contributed by atoms with van der Waals surface area (Å²) in [4.78, 5) is 48.3. The Hall–Kier alpha value is -3.49. The van der Waals surface area contributed by atoms with E-state index in [0.29, 0.717) is 49.0 Å². The highest BCUT2D eigenvalue weighted by molar-refractivity contribution is 5.94. The van der Waals surface area contributed by atoms with Gasteiger partial charge < -0.3 is 19.3 Å². The first-order chi connectivity index (χ1) is 14.5. The molecule has 0 N–H and O–H groups in total. The first-order valence-corrected chi connectivity index (χ1v) is 9.61. The molecular formula is C21H24N4O5. The van der Waals surface area contributed by atoms with Gasteiger partial charge in [0.15, 0.2) is 12.4 Å². The Morgan fingerprint density at radius 2 is 1.77 bits per heavy atom. The minimum Gasteiger partial charge on any atom is -0.496 e. The zero-order valence-corrected chi connectivity index (χ0v) is 17.0. The van der Waals surface area contributed by atoms with Gasteiger partial charge in [0.1, 0.15) is 5.75 Å². The number of anilines is 1. The molecule has 0 saturated carbocycles. The molecule has 0 spiro atoms. The van der Waals surface area contributed by atoms with Gasteiger partial charge in [0.2, 0.25) is 5.95 Å². The number of esters is 1. The maximum atomic E-state index is 12.4. The Labute approximate surface area is 174 Å². The number of rotatable bonds is 7. The lowest BCUT2D eigenvalue weighted by Gasteiger charge is -2.34. The predicted octanol–water partition coefficient (Wildman–Crippen LogP) is 1.12. The summed E-state index contributed by atoms with van der Waals surface area (Å²) in [7, 11) is 1.49. The molecule has 0 atom stereocenters. The van der Waals surface area contributed by atoms with Crippen molar-refractivity contribution in [1.29, 1.82) is 0 Å². The number of ether oxygens (including phenoxy) is 2. The second-order valence-corrected chi connectivity index (χ2v) is 6.84. The third-order valence-electron chi connectivity index (χ3n) is 4.85. The average Bonchev–Trinajstić information content (AvgIpc) is 2.78. The highest BCUT2D eigenvalue weighted by Gasteiger charge is 2.23. The fourth-order valence-electron chi connectivity index (χ4n) is 3.19. The molecule has 1 aliphatic rings. The van der Waals surface area contributed by atoms with E-state index in [1.165, 1.54) is 14.0 Å². The molecule has 158 valence electrons. The van der Waals surface area contributed by atoms with Gasteiger partial charge in [-0.2, -0.15) is 0 Å². The van der Waals surface area contributed by atoms with Crippen molar-refractivity contribution in [2.45, 2.75) is 13.3 Å². The third kappa shape index (κ3) is 5.31. The molecule has 1 fully saturated rings. The molecule has 9 heteroatoms. The van der Waals surface area contributed by atoms with Crippen molar-refractivity contribution in [2.24, 2.45) is 0 Å². The van der Waals surface area contributed by atoms with Crippen molar-refractivity contribution in [3.8, 4) is 5.75 Å². The van der Waals surface area contributed by atoms with Crippen molar-refractivity contribution < 1.29 is 23.9 Å². The van der Waals surface area contributed by atoms with Crippen LogP contribution in [0.5, 0.6) is 5.75 Å². The molecule has 0 bridgehead atoms. The molecule has 0 radical (unpaired) electrons. The standard InChI is InChI=1S/C21H24N4O5/c1-15(26)16-4-5-18(29-2)17(12-16)13-20(28)30-14-19(27)24-8-10-25(11-9-24)21-22-6-3-7-23-21/h3-7,12H,8-11,13-14H2,1-2H3. The van der Waals surface area contributed by atoms with Crippen LogP contribution < -0.4 is 9.64 Å². The number of methoxy groups -OCH3 is 1. The number of piperazine rings is 1. The number of Topliss-reactive ketones (excluding diaryl/α,β-unsaturated/α-hetero) is 1. The number of carbonyl (C=O) groups is 3. The number of amides is 1. The number of nitrogens with zero attached hydrogens (tertiary/aromatic N) is 4. The maximum Gasteiger partial charge on any atom is 0.310 e. The Kier molecular flexibility index (Phi) is 6.95. The van der Waals surface area contributed by atoms with Crippen LogP contribution in [0, 0.1) is 0 Å². The first kappa shape index (κ1) is 21.2. The topological polar surface area (TPSA) is 102 Å². The van der Waals surface area contributed by atoms with Crippen LogP contribution in [0.2, 0.25) is 0 Å². The highest BCUT2D eigenvalue weighted by Crippen LogP contribution is 2.21. The van der Waals surface area contributed by atoms with Crippen LogP contribution in [0.3, 0.4) is 0 Å². The van der Waals surface area contributed by atoms with E-state index in [1.54, 1.807) is 41.6 Å². The summed E-state index contributed by atoms with van der Waals surface area (Å²) in [6, 6.07) is 6.64. The molecule has 1 aromatic carbocycles. The van der Waals surface area contributed by atoms with Gasteiger partial charge in [-0.3, -0.25) is 14.4 Å². The molecule has 9 nitrogen and oxygen atoms in total. The molecule has 2 aromatic rings. The van der Waals surface area contributed by atoms with Gasteiger partial charge in [-0.05, 0) is 31.2 Å². The van der Waals surface area contributed by atoms with E-state index in [9.17, 15) is 14.4 Å². The zero-order chi connectivity index (χ0) is 21.5. The number of aromatic nitrogens is 2. The number of ketones is 1. The van der Waals surface area contributed by atoms with Crippen LogP contribution in [0.4, 0.5) is 5.95 Å². The van der Waals surface area contributed by atoms with Crippen LogP contribution in [0.15, 0.2) is 36.7 Å². The lowest BCUT2D eigenvalue weighted by molar-refractivity contribution is -0.151. The summed E-state index contributed by atoms with van der Waals surface area (Å²) in [5, 5.41) is 0. The van der Waals surface area contributed by atoms with Crippen LogP contribution in [-0.4, -0.2) is 72.4 Å². The summed E-state index contributed by atoms with van der Waals surface area (Å²) >= 11 is 0. The quantitative estimate of drug-likeness (QED) is 0.493. The zero-order valence-electron chi connectivity index (χ0n) is 17.0. The second-order valence-electron chi connectivity index (χ2n) is 6.84. The molecule has 1 saturated heterocycles. The van der Waals surface area contributed by atoms with E-state index in [1.807, 2.05) is 4.90 Å². The Bertz CT molecular complexity index is 911. The van der Waals surface area contributed by atoms with E-state index in [-0.39, 0.29) is 24.7 Å². The number of hydrogen-bond donors (Lipinski definition) is 0. The van der Waals surface area contributed by atoms with Crippen LogP contribution >= 0.6 is 0 Å². The molecule has 0 unspecified atom stereocenters. The van der Waals surface area contributed by atoms with E-state index < -0.39 is 5.97 Å². The van der Waals surface area contributed by atoms with Gasteiger partial charge in [-0.1, -0.05) is 0 Å². The first-order valence-electron chi connectivity index (χ1n) is 9.61. The summed E-state index contributed by atoms with van der Waals surface area (Å²) in [6.45, 7) is 3.35. The van der Waals surface area contributed by atoms with E-state index in [4.69, 9.17) is 9.47 Å². The van der Waals surface area contributed by atoms with Gasteiger partial charge in [0.05, 0.1) is 13.5 Å². The van der Waals surface area contributed by atoms with Gasteiger partial charge >= 0.3 is 5.97 Å². The normalized spacial score (nSPS) is 13.7. The van der Waals surface area contributed by atoms with Crippen molar-refractivity contribution in [1.82, 2.24) is 14.9 Å². The van der Waals surface area contributed by atoms with Gasteiger partial charge in [-0.15, -0.1) is 0 Å². The number of carbonyl (C=O) groups excluding carboxylic acids is 3. The van der Waals surface area contributed by atoms with Gasteiger partial charge in [-0.25, -0.2) is 9.97 Å². The third-order valence-corrected chi connectivity index (χ3v) is 4.85. The molecule has 1 amide bonds. The van der Waals surface area contributed by atoms with E-state index in [2.05, 4.69) is 9.97 Å². The van der Waals surface area contributed by atoms with Crippen LogP contribution in [0.1, 0.15) is 22.8 Å². The Morgan fingerprint density at radius 1 is 1.07 bits per heavy atom. The molecule has 2 heterocycles. The molecule has 1 aliphatic heterocycles. The maximum absolute atomic E-state index is 12.4. The smallest absolute Gasteiger partial charge is 0.310 e. The highest BCUT2D eigenvalue weighted by atomic mass is 16.5. The van der Waals surface area contributed by atoms with E-state index >= 15 is 0 Å². The SMILES string of the molecule is COc1ccc(C(C)=O)cc1CC(=O)OCC(=O)N1CCN(c2ncccn2)CC1. The van der Waals surface area contributed by atoms with E-state index in [0.717, 1.165) is 0 Å². The summed E-state index contributed by atoms with van der Waals surface area (Å²) in [6.07, 6.45) is 3.28. The average molecular weight is 412 g/mol. The summed E-state index contributed by atoms with van der Waals surface area (Å²) < 4.78 is 10.4. The summed E-state index contributed by atoms with van der Waals surface area (Å²) in [5.74, 6) is 0.211. The minimum atomic E-state index is -0.557. The van der Waals surface area contributed by atoms with Crippen LogP contribution in [-0.2, 0) is 20.7 Å². The fourth-order valence-corrected chi connectivity index (χ4v) is 3.19. The minimum absolute atomic E-state index is 0.0866. The van der Waals surface area contributed by atoms with Gasteiger partial charge in [0, 0.05) is 49.7 Å². The van der Waals surface area contributed by atoms with Crippen LogP contribution in [0.25, 0.3) is 0 Å². The van der Waals surface area contributed by atoms with Crippen molar-refractivity contribution in [2.75, 3.05) is 44.8 Å². The lowest BCUT2D eigenvalue weighted by Crippen LogP contribution is -2.50. The monoisotopic (exact) mass is 412 g/mol. The number of benzene rings is 1. The Morgan fingerprint density at radius 3 is 2.40 bits per heavy atom. The largest absolute Gasteiger partial charge is 0.496 e. The number of hydrogen-bond acceptors (Lipinski definition) is 8. The fraction of sp³-hybridized carbons (Fsp3) is 0.381. The summed E-state index contributed by atoms with van der Waals surface area (Å²) in [5.41, 5.74) is 1.02. The Balaban J connectivity index is 1.49. The molecule has 30 heavy (non-hydrogen) atoms.